The van der Waals surface area contributed by atoms with Gasteiger partial charge < -0.3 is 5.73 Å². The molecular formula is C11H16N2O2S. The van der Waals surface area contributed by atoms with E-state index >= 15 is 0 Å². The third-order valence-electron chi connectivity index (χ3n) is 2.03. The molecule has 16 heavy (non-hydrogen) atoms. The third-order valence-corrected chi connectivity index (χ3v) is 3.51. The van der Waals surface area contributed by atoms with E-state index in [2.05, 4.69) is 4.72 Å². The van der Waals surface area contributed by atoms with Gasteiger partial charge in [0.2, 0.25) is 10.0 Å². The largest absolute Gasteiger partial charge is 0.399 e. The molecule has 0 saturated heterocycles. The Morgan fingerprint density at radius 2 is 1.94 bits per heavy atom. The Kier molecular flexibility index (Phi) is 4.52. The molecule has 0 fully saturated rings. The zero-order chi connectivity index (χ0) is 12.0. The number of benzene rings is 1. The lowest BCUT2D eigenvalue weighted by molar-refractivity contribution is 0.582. The number of nitrogens with two attached hydrogens (primary N) is 1. The van der Waals surface area contributed by atoms with Crippen molar-refractivity contribution in [2.45, 2.75) is 18.2 Å². The lowest BCUT2D eigenvalue weighted by atomic mass is 10.3. The van der Waals surface area contributed by atoms with Crippen LogP contribution in [-0.2, 0) is 10.0 Å². The number of anilines is 1. The SMILES string of the molecule is C/C=C/CCNS(=O)(=O)c1ccc(N)cc1. The summed E-state index contributed by atoms with van der Waals surface area (Å²) in [5.41, 5.74) is 6.03. The van der Waals surface area contributed by atoms with Crippen LogP contribution in [0.15, 0.2) is 41.3 Å². The third kappa shape index (κ3) is 3.67. The summed E-state index contributed by atoms with van der Waals surface area (Å²) in [5.74, 6) is 0. The van der Waals surface area contributed by atoms with E-state index in [4.69, 9.17) is 5.73 Å². The first-order chi connectivity index (χ1) is 7.56. The van der Waals surface area contributed by atoms with Crippen molar-refractivity contribution < 1.29 is 8.42 Å². The zero-order valence-corrected chi connectivity index (χ0v) is 10.00. The molecule has 0 bridgehead atoms. The lowest BCUT2D eigenvalue weighted by Gasteiger charge is -2.05. The molecule has 0 aliphatic rings. The van der Waals surface area contributed by atoms with Crippen LogP contribution < -0.4 is 10.5 Å². The van der Waals surface area contributed by atoms with Gasteiger partial charge >= 0.3 is 0 Å². The van der Waals surface area contributed by atoms with Crippen LogP contribution in [0.4, 0.5) is 5.69 Å². The maximum Gasteiger partial charge on any atom is 0.240 e. The van der Waals surface area contributed by atoms with E-state index in [1.54, 1.807) is 12.1 Å². The molecular weight excluding hydrogens is 224 g/mol. The highest BCUT2D eigenvalue weighted by atomic mass is 32.2. The molecule has 1 aromatic carbocycles. The second-order valence-corrected chi connectivity index (χ2v) is 5.09. The van der Waals surface area contributed by atoms with E-state index in [1.807, 2.05) is 19.1 Å². The number of hydrogen-bond acceptors (Lipinski definition) is 3. The summed E-state index contributed by atoms with van der Waals surface area (Å²) in [4.78, 5) is 0.238. The van der Waals surface area contributed by atoms with Gasteiger partial charge in [-0.05, 0) is 37.6 Å². The summed E-state index contributed by atoms with van der Waals surface area (Å²) < 4.78 is 26.0. The van der Waals surface area contributed by atoms with Crippen molar-refractivity contribution in [1.82, 2.24) is 4.72 Å². The average molecular weight is 240 g/mol. The summed E-state index contributed by atoms with van der Waals surface area (Å²) in [6.45, 7) is 2.30. The first-order valence-corrected chi connectivity index (χ1v) is 6.51. The monoisotopic (exact) mass is 240 g/mol. The first kappa shape index (κ1) is 12.7. The molecule has 1 aromatic rings. The average Bonchev–Trinajstić information content (AvgIpc) is 2.25. The molecule has 0 heterocycles. The highest BCUT2D eigenvalue weighted by Gasteiger charge is 2.11. The second kappa shape index (κ2) is 5.67. The summed E-state index contributed by atoms with van der Waals surface area (Å²) in [7, 11) is -3.40. The molecule has 1 rings (SSSR count). The van der Waals surface area contributed by atoms with Gasteiger partial charge in [0.1, 0.15) is 0 Å². The Bertz CT molecular complexity index is 449. The number of hydrogen-bond donors (Lipinski definition) is 2. The van der Waals surface area contributed by atoms with Crippen molar-refractivity contribution in [2.24, 2.45) is 0 Å². The maximum atomic E-state index is 11.7. The summed E-state index contributed by atoms with van der Waals surface area (Å²) in [6.07, 6.45) is 4.48. The van der Waals surface area contributed by atoms with Gasteiger partial charge in [0.05, 0.1) is 4.90 Å². The first-order valence-electron chi connectivity index (χ1n) is 5.02. The van der Waals surface area contributed by atoms with Gasteiger partial charge in [-0.15, -0.1) is 0 Å². The van der Waals surface area contributed by atoms with Gasteiger partial charge in [-0.2, -0.15) is 0 Å². The lowest BCUT2D eigenvalue weighted by Crippen LogP contribution is -2.24. The minimum absolute atomic E-state index is 0.238. The van der Waals surface area contributed by atoms with Crippen LogP contribution in [0.3, 0.4) is 0 Å². The van der Waals surface area contributed by atoms with E-state index < -0.39 is 10.0 Å². The molecule has 4 nitrogen and oxygen atoms in total. The van der Waals surface area contributed by atoms with E-state index in [0.717, 1.165) is 0 Å². The summed E-state index contributed by atoms with van der Waals surface area (Å²) >= 11 is 0. The molecule has 0 unspecified atom stereocenters. The van der Waals surface area contributed by atoms with Crippen LogP contribution >= 0.6 is 0 Å². The van der Waals surface area contributed by atoms with Crippen molar-refractivity contribution >= 4 is 15.7 Å². The van der Waals surface area contributed by atoms with E-state index in [0.29, 0.717) is 18.7 Å². The number of nitrogen functional groups attached to an aromatic ring is 1. The van der Waals surface area contributed by atoms with Gasteiger partial charge in [0, 0.05) is 12.2 Å². The highest BCUT2D eigenvalue weighted by Crippen LogP contribution is 2.11. The van der Waals surface area contributed by atoms with Gasteiger partial charge in [-0.1, -0.05) is 12.2 Å². The maximum absolute atomic E-state index is 11.7. The zero-order valence-electron chi connectivity index (χ0n) is 9.18. The predicted molar refractivity (Wildman–Crippen MR) is 65.5 cm³/mol. The summed E-state index contributed by atoms with van der Waals surface area (Å²) in [6, 6.07) is 6.13. The number of allylic oxidation sites excluding steroid dienone is 1. The molecule has 88 valence electrons. The fourth-order valence-corrected chi connectivity index (χ4v) is 2.22. The number of sulfonamides is 1. The molecule has 3 N–H and O–H groups in total. The van der Waals surface area contributed by atoms with Gasteiger partial charge in [-0.25, -0.2) is 13.1 Å². The molecule has 0 spiro atoms. The van der Waals surface area contributed by atoms with Crippen LogP contribution in [0.1, 0.15) is 13.3 Å². The number of nitrogens with one attached hydrogen (secondary N) is 1. The van der Waals surface area contributed by atoms with Crippen molar-refractivity contribution in [3.05, 3.63) is 36.4 Å². The van der Waals surface area contributed by atoms with Crippen LogP contribution in [-0.4, -0.2) is 15.0 Å². The Balaban J connectivity index is 2.67. The minimum atomic E-state index is -3.40. The second-order valence-electron chi connectivity index (χ2n) is 3.32. The molecule has 0 aliphatic heterocycles. The van der Waals surface area contributed by atoms with Crippen LogP contribution in [0.25, 0.3) is 0 Å². The standard InChI is InChI=1S/C11H16N2O2S/c1-2-3-4-9-13-16(14,15)11-7-5-10(12)6-8-11/h2-3,5-8,13H,4,9,12H2,1H3/b3-2+. The van der Waals surface area contributed by atoms with Crippen molar-refractivity contribution in [3.63, 3.8) is 0 Å². The van der Waals surface area contributed by atoms with E-state index in [9.17, 15) is 8.42 Å². The van der Waals surface area contributed by atoms with Gasteiger partial charge in [0.25, 0.3) is 0 Å². The van der Waals surface area contributed by atoms with E-state index in [-0.39, 0.29) is 4.90 Å². The van der Waals surface area contributed by atoms with Crippen molar-refractivity contribution in [3.8, 4) is 0 Å². The van der Waals surface area contributed by atoms with Crippen molar-refractivity contribution in [2.75, 3.05) is 12.3 Å². The smallest absolute Gasteiger partial charge is 0.240 e. The Morgan fingerprint density at radius 1 is 1.31 bits per heavy atom. The minimum Gasteiger partial charge on any atom is -0.399 e. The predicted octanol–water partition coefficient (Wildman–Crippen LogP) is 1.51. The quantitative estimate of drug-likeness (QED) is 0.465. The molecule has 0 radical (unpaired) electrons. The molecule has 0 atom stereocenters. The van der Waals surface area contributed by atoms with Crippen LogP contribution in [0, 0.1) is 0 Å². The fraction of sp³-hybridized carbons (Fsp3) is 0.273. The van der Waals surface area contributed by atoms with Gasteiger partial charge in [-0.3, -0.25) is 0 Å². The highest BCUT2D eigenvalue weighted by molar-refractivity contribution is 7.89. The van der Waals surface area contributed by atoms with Crippen molar-refractivity contribution in [1.29, 1.82) is 0 Å². The molecule has 0 aromatic heterocycles. The summed E-state index contributed by atoms with van der Waals surface area (Å²) in [5, 5.41) is 0. The molecule has 5 heteroatoms. The van der Waals surface area contributed by atoms with Gasteiger partial charge in [0.15, 0.2) is 0 Å². The normalized spacial score (nSPS) is 12.1. The number of rotatable bonds is 5. The fourth-order valence-electron chi connectivity index (χ4n) is 1.17. The van der Waals surface area contributed by atoms with E-state index in [1.165, 1.54) is 12.1 Å². The Labute approximate surface area is 96.2 Å². The van der Waals surface area contributed by atoms with Crippen LogP contribution in [0.2, 0.25) is 0 Å². The van der Waals surface area contributed by atoms with Crippen LogP contribution in [0.5, 0.6) is 0 Å². The Hall–Kier alpha value is -1.33. The molecule has 0 amide bonds. The molecule has 0 saturated carbocycles. The molecule has 0 aliphatic carbocycles. The Morgan fingerprint density at radius 3 is 2.50 bits per heavy atom. The topological polar surface area (TPSA) is 72.2 Å².